The minimum atomic E-state index is -0.272. The number of hydrogen-bond acceptors (Lipinski definition) is 7. The van der Waals surface area contributed by atoms with Crippen LogP contribution in [0, 0.1) is 0 Å². The molecule has 178 valence electrons. The number of aromatic nitrogens is 2. The van der Waals surface area contributed by atoms with Crippen LogP contribution in [0.5, 0.6) is 0 Å². The maximum Gasteiger partial charge on any atom is 0.195 e. The van der Waals surface area contributed by atoms with Crippen LogP contribution in [-0.2, 0) is 0 Å². The molecule has 1 fully saturated rings. The molecule has 0 amide bonds. The van der Waals surface area contributed by atoms with Crippen molar-refractivity contribution >= 4 is 22.5 Å². The maximum absolute atomic E-state index is 9.93. The molecule has 7 nitrogen and oxygen atoms in total. The number of aliphatic hydroxyl groups excluding tert-OH is 1. The standard InChI is InChI=1S/C27H33N5O2/c1-2-31-12-14-32(15-13-31)17-20-8-10-22(11-9-20)25-16-23-26(34-25)27(29-19-28-23)30-24(18-33)21-6-4-3-5-7-21/h3-8,10,16,19,24,33H,2,9,11-15,17-18H2,1H3,(H,28,29,30). The molecule has 1 saturated heterocycles. The van der Waals surface area contributed by atoms with E-state index in [2.05, 4.69) is 44.2 Å². The van der Waals surface area contributed by atoms with Gasteiger partial charge in [-0.3, -0.25) is 4.90 Å². The van der Waals surface area contributed by atoms with Gasteiger partial charge >= 0.3 is 0 Å². The zero-order valence-corrected chi connectivity index (χ0v) is 19.8. The quantitative estimate of drug-likeness (QED) is 0.525. The maximum atomic E-state index is 9.93. The van der Waals surface area contributed by atoms with Crippen LogP contribution in [0.3, 0.4) is 0 Å². The molecule has 0 spiro atoms. The van der Waals surface area contributed by atoms with Gasteiger partial charge in [-0.05, 0) is 30.5 Å². The van der Waals surface area contributed by atoms with Crippen LogP contribution in [0.15, 0.2) is 64.9 Å². The number of furan rings is 1. The summed E-state index contributed by atoms with van der Waals surface area (Å²) in [6, 6.07) is 11.6. The summed E-state index contributed by atoms with van der Waals surface area (Å²) in [6.45, 7) is 9.04. The first-order chi connectivity index (χ1) is 16.7. The van der Waals surface area contributed by atoms with Gasteiger partial charge < -0.3 is 19.7 Å². The third-order valence-corrected chi connectivity index (χ3v) is 6.90. The van der Waals surface area contributed by atoms with E-state index in [1.54, 1.807) is 0 Å². The number of allylic oxidation sites excluding steroid dienone is 3. The summed E-state index contributed by atoms with van der Waals surface area (Å²) >= 11 is 0. The number of nitrogens with one attached hydrogen (secondary N) is 1. The fourth-order valence-electron chi connectivity index (χ4n) is 4.77. The van der Waals surface area contributed by atoms with Gasteiger partial charge in [0.25, 0.3) is 0 Å². The molecule has 2 aliphatic rings. The SMILES string of the molecule is CCN1CCN(CC2=CC=C(c3cc4ncnc(NC(CO)c5ccccc5)c4o3)CC2)CC1. The number of nitrogens with zero attached hydrogens (tertiary/aromatic N) is 4. The number of anilines is 1. The highest BCUT2D eigenvalue weighted by molar-refractivity contribution is 5.86. The van der Waals surface area contributed by atoms with E-state index in [1.165, 1.54) is 30.6 Å². The summed E-state index contributed by atoms with van der Waals surface area (Å²) in [6.07, 6.45) is 8.00. The summed E-state index contributed by atoms with van der Waals surface area (Å²) in [5, 5.41) is 13.3. The van der Waals surface area contributed by atoms with E-state index in [4.69, 9.17) is 4.42 Å². The average molecular weight is 460 g/mol. The van der Waals surface area contributed by atoms with Gasteiger partial charge in [-0.2, -0.15) is 0 Å². The second-order valence-electron chi connectivity index (χ2n) is 9.06. The van der Waals surface area contributed by atoms with Crippen molar-refractivity contribution in [1.82, 2.24) is 19.8 Å². The fraction of sp³-hybridized carbons (Fsp3) is 0.407. The lowest BCUT2D eigenvalue weighted by atomic mass is 9.96. The summed E-state index contributed by atoms with van der Waals surface area (Å²) in [4.78, 5) is 13.9. The largest absolute Gasteiger partial charge is 0.451 e. The summed E-state index contributed by atoms with van der Waals surface area (Å²) in [5.41, 5.74) is 5.05. The Bertz CT molecular complexity index is 1160. The van der Waals surface area contributed by atoms with Gasteiger partial charge in [-0.25, -0.2) is 9.97 Å². The molecule has 1 aliphatic heterocycles. The molecular formula is C27H33N5O2. The molecular weight excluding hydrogens is 426 g/mol. The van der Waals surface area contributed by atoms with E-state index in [1.807, 2.05) is 36.4 Å². The van der Waals surface area contributed by atoms with Crippen LogP contribution in [0.25, 0.3) is 16.7 Å². The molecule has 3 heterocycles. The highest BCUT2D eigenvalue weighted by Crippen LogP contribution is 2.33. The second-order valence-corrected chi connectivity index (χ2v) is 9.06. The van der Waals surface area contributed by atoms with Crippen molar-refractivity contribution in [2.75, 3.05) is 51.2 Å². The number of benzene rings is 1. The highest BCUT2D eigenvalue weighted by Gasteiger charge is 2.20. The lowest BCUT2D eigenvalue weighted by Crippen LogP contribution is -2.46. The predicted octanol–water partition coefficient (Wildman–Crippen LogP) is 4.11. The van der Waals surface area contributed by atoms with Crippen molar-refractivity contribution in [1.29, 1.82) is 0 Å². The Hall–Kier alpha value is -3.00. The summed E-state index contributed by atoms with van der Waals surface area (Å²) in [5.74, 6) is 1.43. The third kappa shape index (κ3) is 5.06. The van der Waals surface area contributed by atoms with Crippen LogP contribution >= 0.6 is 0 Å². The molecule has 5 rings (SSSR count). The van der Waals surface area contributed by atoms with Crippen molar-refractivity contribution in [3.63, 3.8) is 0 Å². The minimum Gasteiger partial charge on any atom is -0.451 e. The van der Waals surface area contributed by atoms with Gasteiger partial charge in [0.2, 0.25) is 0 Å². The van der Waals surface area contributed by atoms with Gasteiger partial charge in [-0.15, -0.1) is 0 Å². The highest BCUT2D eigenvalue weighted by atomic mass is 16.3. The van der Waals surface area contributed by atoms with E-state index >= 15 is 0 Å². The normalized spacial score (nSPS) is 18.5. The number of piperazine rings is 1. The number of aliphatic hydroxyl groups is 1. The van der Waals surface area contributed by atoms with E-state index in [0.29, 0.717) is 11.4 Å². The zero-order chi connectivity index (χ0) is 23.3. The Labute approximate surface area is 200 Å². The molecule has 2 N–H and O–H groups in total. The van der Waals surface area contributed by atoms with E-state index < -0.39 is 0 Å². The van der Waals surface area contributed by atoms with Crippen LogP contribution < -0.4 is 5.32 Å². The molecule has 1 atom stereocenters. The van der Waals surface area contributed by atoms with E-state index in [-0.39, 0.29) is 12.6 Å². The predicted molar refractivity (Wildman–Crippen MR) is 136 cm³/mol. The number of hydrogen-bond donors (Lipinski definition) is 2. The van der Waals surface area contributed by atoms with Gasteiger partial charge in [0.05, 0.1) is 12.6 Å². The van der Waals surface area contributed by atoms with Crippen LogP contribution in [0.2, 0.25) is 0 Å². The molecule has 34 heavy (non-hydrogen) atoms. The first-order valence-electron chi connectivity index (χ1n) is 12.2. The molecule has 7 heteroatoms. The topological polar surface area (TPSA) is 77.7 Å². The Morgan fingerprint density at radius 3 is 2.53 bits per heavy atom. The van der Waals surface area contributed by atoms with Crippen molar-refractivity contribution in [3.8, 4) is 0 Å². The van der Waals surface area contributed by atoms with Gasteiger partial charge in [-0.1, -0.05) is 55.0 Å². The third-order valence-electron chi connectivity index (χ3n) is 6.90. The first kappa shape index (κ1) is 22.8. The molecule has 0 radical (unpaired) electrons. The summed E-state index contributed by atoms with van der Waals surface area (Å²) in [7, 11) is 0. The Morgan fingerprint density at radius 1 is 1.03 bits per heavy atom. The lowest BCUT2D eigenvalue weighted by molar-refractivity contribution is 0.145. The van der Waals surface area contributed by atoms with Gasteiger partial charge in [0.1, 0.15) is 17.6 Å². The number of rotatable bonds is 8. The molecule has 1 unspecified atom stereocenters. The molecule has 0 saturated carbocycles. The van der Waals surface area contributed by atoms with E-state index in [9.17, 15) is 5.11 Å². The monoisotopic (exact) mass is 459 g/mol. The van der Waals surface area contributed by atoms with Gasteiger partial charge in [0, 0.05) is 38.8 Å². The molecule has 2 aromatic heterocycles. The molecule has 3 aromatic rings. The lowest BCUT2D eigenvalue weighted by Gasteiger charge is -2.34. The smallest absolute Gasteiger partial charge is 0.195 e. The molecule has 1 aromatic carbocycles. The number of fused-ring (bicyclic) bond motifs is 1. The van der Waals surface area contributed by atoms with Crippen molar-refractivity contribution < 1.29 is 9.52 Å². The Kier molecular flexibility index (Phi) is 7.04. The van der Waals surface area contributed by atoms with Crippen LogP contribution in [0.4, 0.5) is 5.82 Å². The number of likely N-dealkylation sites (N-methyl/N-ethyl adjacent to an activating group) is 1. The fourth-order valence-corrected chi connectivity index (χ4v) is 4.77. The van der Waals surface area contributed by atoms with Crippen LogP contribution in [-0.4, -0.2) is 70.7 Å². The first-order valence-corrected chi connectivity index (χ1v) is 12.2. The van der Waals surface area contributed by atoms with Crippen LogP contribution in [0.1, 0.15) is 37.1 Å². The second kappa shape index (κ2) is 10.5. The van der Waals surface area contributed by atoms with Crippen molar-refractivity contribution in [2.45, 2.75) is 25.8 Å². The zero-order valence-electron chi connectivity index (χ0n) is 19.8. The minimum absolute atomic E-state index is 0.0463. The van der Waals surface area contributed by atoms with Gasteiger partial charge in [0.15, 0.2) is 11.4 Å². The Morgan fingerprint density at radius 2 is 1.82 bits per heavy atom. The van der Waals surface area contributed by atoms with Crippen molar-refractivity contribution in [3.05, 3.63) is 71.8 Å². The summed E-state index contributed by atoms with van der Waals surface area (Å²) < 4.78 is 6.25. The molecule has 1 aliphatic carbocycles. The Balaban J connectivity index is 1.30. The van der Waals surface area contributed by atoms with E-state index in [0.717, 1.165) is 55.9 Å². The molecule has 0 bridgehead atoms. The van der Waals surface area contributed by atoms with Crippen molar-refractivity contribution in [2.24, 2.45) is 0 Å². The average Bonchev–Trinajstić information content (AvgIpc) is 3.34.